The Labute approximate surface area is 121 Å². The molecule has 3 rings (SSSR count). The predicted molar refractivity (Wildman–Crippen MR) is 85.1 cm³/mol. The number of fused-ring (bicyclic) bond motifs is 1. The van der Waals surface area contributed by atoms with Crippen LogP contribution in [0.4, 0.5) is 5.82 Å². The van der Waals surface area contributed by atoms with Gasteiger partial charge in [-0.1, -0.05) is 32.0 Å². The third-order valence-corrected chi connectivity index (χ3v) is 3.91. The van der Waals surface area contributed by atoms with Gasteiger partial charge >= 0.3 is 0 Å². The van der Waals surface area contributed by atoms with Gasteiger partial charge < -0.3 is 10.2 Å². The lowest BCUT2D eigenvalue weighted by molar-refractivity contribution is 0.587. The van der Waals surface area contributed by atoms with Gasteiger partial charge in [-0.3, -0.25) is 0 Å². The lowest BCUT2D eigenvalue weighted by atomic mass is 10.1. The molecule has 20 heavy (non-hydrogen) atoms. The topological polar surface area (TPSA) is 28.2 Å². The molecule has 1 saturated carbocycles. The van der Waals surface area contributed by atoms with E-state index in [0.29, 0.717) is 12.1 Å². The quantitative estimate of drug-likeness (QED) is 0.902. The molecule has 0 atom stereocenters. The number of para-hydroxylation sites is 1. The van der Waals surface area contributed by atoms with Crippen molar-refractivity contribution in [3.63, 3.8) is 0 Å². The van der Waals surface area contributed by atoms with E-state index in [1.54, 1.807) is 0 Å². The van der Waals surface area contributed by atoms with Crippen molar-refractivity contribution in [3.8, 4) is 0 Å². The highest BCUT2D eigenvalue weighted by Crippen LogP contribution is 2.32. The first-order chi connectivity index (χ1) is 9.65. The molecular formula is C17H23N3. The summed E-state index contributed by atoms with van der Waals surface area (Å²) in [6.45, 7) is 5.24. The number of aromatic nitrogens is 1. The molecule has 1 aliphatic rings. The van der Waals surface area contributed by atoms with Crippen LogP contribution in [0, 0.1) is 0 Å². The summed E-state index contributed by atoms with van der Waals surface area (Å²) in [5.41, 5.74) is 2.38. The van der Waals surface area contributed by atoms with E-state index >= 15 is 0 Å². The first kappa shape index (κ1) is 13.4. The lowest BCUT2D eigenvalue weighted by Gasteiger charge is -2.22. The van der Waals surface area contributed by atoms with E-state index in [9.17, 15) is 0 Å². The smallest absolute Gasteiger partial charge is 0.133 e. The van der Waals surface area contributed by atoms with Gasteiger partial charge in [-0.2, -0.15) is 0 Å². The van der Waals surface area contributed by atoms with Gasteiger partial charge in [0.15, 0.2) is 0 Å². The SMILES string of the molecule is CC(C)NCc1cc2ccccc2nc1N(C)C1CC1. The summed E-state index contributed by atoms with van der Waals surface area (Å²) in [7, 11) is 2.17. The molecule has 0 radical (unpaired) electrons. The standard InChI is InChI=1S/C17H23N3/c1-12(2)18-11-14-10-13-6-4-5-7-16(13)19-17(14)20(3)15-8-9-15/h4-7,10,12,15,18H,8-9,11H2,1-3H3. The van der Waals surface area contributed by atoms with Gasteiger partial charge in [0, 0.05) is 36.6 Å². The molecule has 0 saturated heterocycles. The molecule has 3 heteroatoms. The number of pyridine rings is 1. The van der Waals surface area contributed by atoms with Gasteiger partial charge in [-0.15, -0.1) is 0 Å². The summed E-state index contributed by atoms with van der Waals surface area (Å²) in [6, 6.07) is 11.8. The van der Waals surface area contributed by atoms with Crippen molar-refractivity contribution in [3.05, 3.63) is 35.9 Å². The van der Waals surface area contributed by atoms with Crippen LogP contribution < -0.4 is 10.2 Å². The molecule has 1 heterocycles. The Morgan fingerprint density at radius 1 is 1.30 bits per heavy atom. The third-order valence-electron chi connectivity index (χ3n) is 3.91. The Hall–Kier alpha value is -1.61. The van der Waals surface area contributed by atoms with E-state index in [-0.39, 0.29) is 0 Å². The minimum Gasteiger partial charge on any atom is -0.356 e. The number of hydrogen-bond donors (Lipinski definition) is 1. The highest BCUT2D eigenvalue weighted by molar-refractivity contribution is 5.81. The summed E-state index contributed by atoms with van der Waals surface area (Å²) in [6.07, 6.45) is 2.59. The zero-order valence-electron chi connectivity index (χ0n) is 12.6. The van der Waals surface area contributed by atoms with Crippen LogP contribution in [0.15, 0.2) is 30.3 Å². The fraction of sp³-hybridized carbons (Fsp3) is 0.471. The fourth-order valence-corrected chi connectivity index (χ4v) is 2.53. The average molecular weight is 269 g/mol. The maximum atomic E-state index is 4.90. The van der Waals surface area contributed by atoms with Gasteiger partial charge in [0.2, 0.25) is 0 Å². The van der Waals surface area contributed by atoms with E-state index < -0.39 is 0 Å². The van der Waals surface area contributed by atoms with Gasteiger partial charge in [-0.05, 0) is 25.0 Å². The highest BCUT2D eigenvalue weighted by Gasteiger charge is 2.28. The molecule has 0 amide bonds. The summed E-state index contributed by atoms with van der Waals surface area (Å²) in [5, 5.41) is 4.74. The van der Waals surface area contributed by atoms with Crippen molar-refractivity contribution in [2.45, 2.75) is 45.3 Å². The number of nitrogens with zero attached hydrogens (tertiary/aromatic N) is 2. The minimum atomic E-state index is 0.487. The molecule has 0 bridgehead atoms. The predicted octanol–water partition coefficient (Wildman–Crippen LogP) is 3.33. The molecule has 1 fully saturated rings. The van der Waals surface area contributed by atoms with Crippen molar-refractivity contribution in [1.29, 1.82) is 0 Å². The Bertz CT molecular complexity index is 602. The molecule has 0 spiro atoms. The van der Waals surface area contributed by atoms with Crippen LogP contribution >= 0.6 is 0 Å². The maximum absolute atomic E-state index is 4.90. The van der Waals surface area contributed by atoms with Crippen LogP contribution in [0.2, 0.25) is 0 Å². The number of rotatable bonds is 5. The summed E-state index contributed by atoms with van der Waals surface area (Å²) < 4.78 is 0. The molecule has 1 aliphatic carbocycles. The van der Waals surface area contributed by atoms with Gasteiger partial charge in [-0.25, -0.2) is 4.98 Å². The van der Waals surface area contributed by atoms with Crippen LogP contribution in [0.1, 0.15) is 32.3 Å². The van der Waals surface area contributed by atoms with E-state index in [1.807, 2.05) is 0 Å². The van der Waals surface area contributed by atoms with Crippen molar-refractivity contribution in [2.75, 3.05) is 11.9 Å². The molecule has 106 valence electrons. The normalized spacial score (nSPS) is 15.0. The van der Waals surface area contributed by atoms with Crippen molar-refractivity contribution < 1.29 is 0 Å². The van der Waals surface area contributed by atoms with Gasteiger partial charge in [0.05, 0.1) is 5.52 Å². The zero-order chi connectivity index (χ0) is 14.1. The Balaban J connectivity index is 2.00. The van der Waals surface area contributed by atoms with Crippen LogP contribution in [-0.4, -0.2) is 24.1 Å². The zero-order valence-corrected chi connectivity index (χ0v) is 12.6. The Morgan fingerprint density at radius 2 is 2.05 bits per heavy atom. The van der Waals surface area contributed by atoms with Crippen molar-refractivity contribution in [1.82, 2.24) is 10.3 Å². The summed E-state index contributed by atoms with van der Waals surface area (Å²) >= 11 is 0. The summed E-state index contributed by atoms with van der Waals surface area (Å²) in [5.74, 6) is 1.14. The molecule has 1 aromatic heterocycles. The number of nitrogens with one attached hydrogen (secondary N) is 1. The van der Waals surface area contributed by atoms with Crippen LogP contribution in [0.3, 0.4) is 0 Å². The third kappa shape index (κ3) is 2.78. The fourth-order valence-electron chi connectivity index (χ4n) is 2.53. The Morgan fingerprint density at radius 3 is 2.75 bits per heavy atom. The first-order valence-corrected chi connectivity index (χ1v) is 7.50. The number of benzene rings is 1. The second-order valence-electron chi connectivity index (χ2n) is 6.04. The molecule has 3 nitrogen and oxygen atoms in total. The Kier molecular flexibility index (Phi) is 3.62. The first-order valence-electron chi connectivity index (χ1n) is 7.50. The molecule has 0 aliphatic heterocycles. The second-order valence-corrected chi connectivity index (χ2v) is 6.04. The van der Waals surface area contributed by atoms with E-state index in [4.69, 9.17) is 4.98 Å². The molecule has 1 aromatic carbocycles. The lowest BCUT2D eigenvalue weighted by Crippen LogP contribution is -2.26. The summed E-state index contributed by atoms with van der Waals surface area (Å²) in [4.78, 5) is 7.25. The van der Waals surface area contributed by atoms with E-state index in [0.717, 1.165) is 17.9 Å². The number of hydrogen-bond acceptors (Lipinski definition) is 3. The average Bonchev–Trinajstić information content (AvgIpc) is 3.27. The van der Waals surface area contributed by atoms with Gasteiger partial charge in [0.1, 0.15) is 5.82 Å². The minimum absolute atomic E-state index is 0.487. The number of anilines is 1. The maximum Gasteiger partial charge on any atom is 0.133 e. The van der Waals surface area contributed by atoms with Crippen molar-refractivity contribution in [2.24, 2.45) is 0 Å². The van der Waals surface area contributed by atoms with Crippen LogP contribution in [-0.2, 0) is 6.54 Å². The molecular weight excluding hydrogens is 246 g/mol. The van der Waals surface area contributed by atoms with E-state index in [2.05, 4.69) is 61.4 Å². The molecule has 2 aromatic rings. The molecule has 0 unspecified atom stereocenters. The monoisotopic (exact) mass is 269 g/mol. The largest absolute Gasteiger partial charge is 0.356 e. The van der Waals surface area contributed by atoms with Crippen LogP contribution in [0.25, 0.3) is 10.9 Å². The van der Waals surface area contributed by atoms with Gasteiger partial charge in [0.25, 0.3) is 0 Å². The highest BCUT2D eigenvalue weighted by atomic mass is 15.2. The molecule has 1 N–H and O–H groups in total. The van der Waals surface area contributed by atoms with Crippen molar-refractivity contribution >= 4 is 16.7 Å². The van der Waals surface area contributed by atoms with E-state index in [1.165, 1.54) is 23.8 Å². The van der Waals surface area contributed by atoms with Crippen LogP contribution in [0.5, 0.6) is 0 Å². The second kappa shape index (κ2) is 5.41.